The van der Waals surface area contributed by atoms with E-state index in [1.54, 1.807) is 4.68 Å². The highest BCUT2D eigenvalue weighted by molar-refractivity contribution is 5.84. The summed E-state index contributed by atoms with van der Waals surface area (Å²) in [5.41, 5.74) is -0.0000234. The van der Waals surface area contributed by atoms with Gasteiger partial charge in [0.1, 0.15) is 0 Å². The molecular weight excluding hydrogens is 232 g/mol. The third-order valence-electron chi connectivity index (χ3n) is 3.12. The first-order valence-corrected chi connectivity index (χ1v) is 6.42. The van der Waals surface area contributed by atoms with E-state index < -0.39 is 5.97 Å². The number of aromatic nitrogens is 3. The zero-order valence-electron chi connectivity index (χ0n) is 11.3. The van der Waals surface area contributed by atoms with Gasteiger partial charge in [0.15, 0.2) is 5.69 Å². The molecule has 0 aromatic carbocycles. The van der Waals surface area contributed by atoms with E-state index >= 15 is 0 Å². The molecule has 1 rings (SSSR count). The molecule has 0 spiro atoms. The monoisotopic (exact) mass is 254 g/mol. The number of rotatable bonds is 8. The molecule has 0 bridgehead atoms. The minimum atomic E-state index is -1.03. The molecule has 1 unspecified atom stereocenters. The maximum absolute atomic E-state index is 10.7. The van der Waals surface area contributed by atoms with Crippen molar-refractivity contribution in [2.45, 2.75) is 33.7 Å². The third kappa shape index (κ3) is 4.44. The fourth-order valence-corrected chi connectivity index (χ4v) is 1.70. The van der Waals surface area contributed by atoms with Crippen LogP contribution >= 0.6 is 0 Å². The largest absolute Gasteiger partial charge is 0.476 e. The second-order valence-electron chi connectivity index (χ2n) is 4.58. The number of likely N-dealkylation sites (N-methyl/N-ethyl adjacent to an activating group) is 1. The van der Waals surface area contributed by atoms with Gasteiger partial charge < -0.3 is 10.0 Å². The maximum atomic E-state index is 10.7. The molecule has 6 nitrogen and oxygen atoms in total. The van der Waals surface area contributed by atoms with Gasteiger partial charge in [-0.15, -0.1) is 5.10 Å². The summed E-state index contributed by atoms with van der Waals surface area (Å²) in [7, 11) is 0. The Balaban J connectivity index is 2.44. The van der Waals surface area contributed by atoms with E-state index in [-0.39, 0.29) is 5.69 Å². The summed E-state index contributed by atoms with van der Waals surface area (Å²) >= 11 is 0. The normalized spacial score (nSPS) is 12.9. The molecule has 0 radical (unpaired) electrons. The summed E-state index contributed by atoms with van der Waals surface area (Å²) < 4.78 is 1.59. The average molecular weight is 254 g/mol. The first kappa shape index (κ1) is 14.6. The molecule has 6 heteroatoms. The first-order valence-electron chi connectivity index (χ1n) is 6.42. The molecule has 0 saturated heterocycles. The van der Waals surface area contributed by atoms with Crippen LogP contribution in [0.15, 0.2) is 6.20 Å². The summed E-state index contributed by atoms with van der Waals surface area (Å²) in [6, 6.07) is 0. The fraction of sp³-hybridized carbons (Fsp3) is 0.750. The SMILES string of the molecule is CCC(C)CN(CC)CCn1cc(C(=O)O)nn1. The van der Waals surface area contributed by atoms with Crippen LogP contribution in [0.1, 0.15) is 37.7 Å². The number of hydrogen-bond donors (Lipinski definition) is 1. The minimum absolute atomic E-state index is 0.0000234. The van der Waals surface area contributed by atoms with E-state index in [9.17, 15) is 4.79 Å². The summed E-state index contributed by atoms with van der Waals surface area (Å²) in [5.74, 6) is -0.358. The molecule has 102 valence electrons. The van der Waals surface area contributed by atoms with Gasteiger partial charge in [0.2, 0.25) is 0 Å². The van der Waals surface area contributed by atoms with Crippen molar-refractivity contribution in [2.24, 2.45) is 5.92 Å². The van der Waals surface area contributed by atoms with Crippen molar-refractivity contribution in [3.8, 4) is 0 Å². The van der Waals surface area contributed by atoms with Crippen molar-refractivity contribution in [3.05, 3.63) is 11.9 Å². The number of aromatic carboxylic acids is 1. The Labute approximate surface area is 108 Å². The number of nitrogens with zero attached hydrogens (tertiary/aromatic N) is 4. The molecule has 0 aliphatic rings. The molecule has 1 N–H and O–H groups in total. The second-order valence-corrected chi connectivity index (χ2v) is 4.58. The van der Waals surface area contributed by atoms with Crippen LogP contribution in [0.25, 0.3) is 0 Å². The standard InChI is InChI=1S/C12H22N4O2/c1-4-10(3)8-15(5-2)6-7-16-9-11(12(17)18)13-14-16/h9-10H,4-8H2,1-3H3,(H,17,18). The lowest BCUT2D eigenvalue weighted by molar-refractivity contribution is 0.0690. The van der Waals surface area contributed by atoms with Gasteiger partial charge in [0.25, 0.3) is 0 Å². The average Bonchev–Trinajstić information content (AvgIpc) is 2.83. The van der Waals surface area contributed by atoms with Crippen molar-refractivity contribution in [1.29, 1.82) is 0 Å². The Morgan fingerprint density at radius 3 is 2.78 bits per heavy atom. The van der Waals surface area contributed by atoms with E-state index in [0.717, 1.165) is 19.6 Å². The van der Waals surface area contributed by atoms with E-state index in [2.05, 4.69) is 36.0 Å². The molecule has 1 heterocycles. The number of carboxylic acid groups (broad SMARTS) is 1. The van der Waals surface area contributed by atoms with E-state index in [1.165, 1.54) is 12.6 Å². The molecule has 0 fully saturated rings. The van der Waals surface area contributed by atoms with Gasteiger partial charge in [0, 0.05) is 13.1 Å². The molecule has 0 amide bonds. The summed E-state index contributed by atoms with van der Waals surface area (Å²) in [6.07, 6.45) is 2.64. The zero-order chi connectivity index (χ0) is 13.5. The topological polar surface area (TPSA) is 71.2 Å². The fourth-order valence-electron chi connectivity index (χ4n) is 1.70. The summed E-state index contributed by atoms with van der Waals surface area (Å²) in [4.78, 5) is 13.0. The molecule has 1 aromatic heterocycles. The van der Waals surface area contributed by atoms with Crippen molar-refractivity contribution in [2.75, 3.05) is 19.6 Å². The van der Waals surface area contributed by atoms with Crippen LogP contribution in [0.5, 0.6) is 0 Å². The lowest BCUT2D eigenvalue weighted by Gasteiger charge is -2.23. The molecule has 0 aliphatic carbocycles. The van der Waals surface area contributed by atoms with Gasteiger partial charge in [-0.2, -0.15) is 0 Å². The molecule has 18 heavy (non-hydrogen) atoms. The summed E-state index contributed by atoms with van der Waals surface area (Å²) in [5, 5.41) is 16.1. The van der Waals surface area contributed by atoms with Gasteiger partial charge in [0.05, 0.1) is 12.7 Å². The van der Waals surface area contributed by atoms with Gasteiger partial charge >= 0.3 is 5.97 Å². The Morgan fingerprint density at radius 1 is 1.56 bits per heavy atom. The zero-order valence-corrected chi connectivity index (χ0v) is 11.3. The summed E-state index contributed by atoms with van der Waals surface area (Å²) in [6.45, 7) is 10.1. The maximum Gasteiger partial charge on any atom is 0.358 e. The van der Waals surface area contributed by atoms with Gasteiger partial charge in [-0.05, 0) is 12.5 Å². The number of carbonyl (C=O) groups is 1. The van der Waals surface area contributed by atoms with Crippen LogP contribution in [0.3, 0.4) is 0 Å². The van der Waals surface area contributed by atoms with E-state index in [4.69, 9.17) is 5.11 Å². The van der Waals surface area contributed by atoms with Crippen LogP contribution in [-0.2, 0) is 6.54 Å². The Morgan fingerprint density at radius 2 is 2.28 bits per heavy atom. The van der Waals surface area contributed by atoms with Crippen LogP contribution < -0.4 is 0 Å². The number of carboxylic acids is 1. The van der Waals surface area contributed by atoms with Gasteiger partial charge in [-0.1, -0.05) is 32.4 Å². The highest BCUT2D eigenvalue weighted by Crippen LogP contribution is 2.04. The predicted molar refractivity (Wildman–Crippen MR) is 68.6 cm³/mol. The molecule has 0 saturated carbocycles. The predicted octanol–water partition coefficient (Wildman–Crippen LogP) is 1.34. The van der Waals surface area contributed by atoms with Gasteiger partial charge in [-0.3, -0.25) is 4.68 Å². The molecular formula is C12H22N4O2. The second kappa shape index (κ2) is 7.10. The molecule has 0 aliphatic heterocycles. The van der Waals surface area contributed by atoms with Crippen LogP contribution in [-0.4, -0.2) is 50.6 Å². The number of hydrogen-bond acceptors (Lipinski definition) is 4. The quantitative estimate of drug-likeness (QED) is 0.758. The van der Waals surface area contributed by atoms with Crippen molar-refractivity contribution < 1.29 is 9.90 Å². The highest BCUT2D eigenvalue weighted by Gasteiger charge is 2.10. The van der Waals surface area contributed by atoms with E-state index in [0.29, 0.717) is 12.5 Å². The first-order chi connectivity index (χ1) is 8.56. The van der Waals surface area contributed by atoms with Crippen molar-refractivity contribution in [1.82, 2.24) is 19.9 Å². The van der Waals surface area contributed by atoms with Gasteiger partial charge in [-0.25, -0.2) is 4.79 Å². The minimum Gasteiger partial charge on any atom is -0.476 e. The third-order valence-corrected chi connectivity index (χ3v) is 3.12. The van der Waals surface area contributed by atoms with Crippen LogP contribution in [0, 0.1) is 5.92 Å². The Hall–Kier alpha value is -1.43. The lowest BCUT2D eigenvalue weighted by atomic mass is 10.1. The Kier molecular flexibility index (Phi) is 5.77. The molecule has 1 atom stereocenters. The lowest BCUT2D eigenvalue weighted by Crippen LogP contribution is -2.31. The highest BCUT2D eigenvalue weighted by atomic mass is 16.4. The smallest absolute Gasteiger partial charge is 0.358 e. The molecule has 1 aromatic rings. The van der Waals surface area contributed by atoms with Crippen LogP contribution in [0.2, 0.25) is 0 Å². The van der Waals surface area contributed by atoms with Crippen molar-refractivity contribution >= 4 is 5.97 Å². The van der Waals surface area contributed by atoms with Crippen molar-refractivity contribution in [3.63, 3.8) is 0 Å². The Bertz CT molecular complexity index is 378. The van der Waals surface area contributed by atoms with E-state index in [1.807, 2.05) is 0 Å². The van der Waals surface area contributed by atoms with Crippen LogP contribution in [0.4, 0.5) is 0 Å².